The lowest BCUT2D eigenvalue weighted by molar-refractivity contribution is 0.589. The number of aromatic nitrogens is 4. The molecule has 0 N–H and O–H groups in total. The van der Waals surface area contributed by atoms with Crippen molar-refractivity contribution in [1.82, 2.24) is 20.0 Å². The van der Waals surface area contributed by atoms with Gasteiger partial charge in [0.1, 0.15) is 11.8 Å². The van der Waals surface area contributed by atoms with E-state index in [0.717, 1.165) is 11.3 Å². The average molecular weight is 199 g/mol. The van der Waals surface area contributed by atoms with E-state index in [-0.39, 0.29) is 0 Å². The first-order valence-electron chi connectivity index (χ1n) is 4.50. The van der Waals surface area contributed by atoms with Gasteiger partial charge in [-0.1, -0.05) is 6.07 Å². The fourth-order valence-electron chi connectivity index (χ4n) is 1.29. The fourth-order valence-corrected chi connectivity index (χ4v) is 1.29. The van der Waals surface area contributed by atoms with Gasteiger partial charge in [0.2, 0.25) is 0 Å². The van der Waals surface area contributed by atoms with E-state index in [1.807, 2.05) is 19.1 Å². The molecule has 5 heteroatoms. The summed E-state index contributed by atoms with van der Waals surface area (Å²) in [5, 5.41) is 16.9. The molecule has 0 amide bonds. The van der Waals surface area contributed by atoms with Gasteiger partial charge in [0.15, 0.2) is 0 Å². The molecular formula is C10H9N5. The fraction of sp³-hybridized carbons (Fsp3) is 0.200. The van der Waals surface area contributed by atoms with E-state index in [4.69, 9.17) is 5.26 Å². The Morgan fingerprint density at radius 3 is 2.73 bits per heavy atom. The van der Waals surface area contributed by atoms with Gasteiger partial charge >= 0.3 is 0 Å². The number of hydrogen-bond donors (Lipinski definition) is 0. The second kappa shape index (κ2) is 3.88. The van der Waals surface area contributed by atoms with Crippen LogP contribution in [0.2, 0.25) is 0 Å². The molecule has 0 aromatic carbocycles. The number of rotatable bonds is 2. The van der Waals surface area contributed by atoms with Crippen LogP contribution in [0.25, 0.3) is 0 Å². The van der Waals surface area contributed by atoms with Crippen molar-refractivity contribution in [2.24, 2.45) is 0 Å². The Kier molecular flexibility index (Phi) is 2.42. The third-order valence-electron chi connectivity index (χ3n) is 2.00. The quantitative estimate of drug-likeness (QED) is 0.720. The summed E-state index contributed by atoms with van der Waals surface area (Å²) in [4.78, 5) is 5.66. The molecule has 0 aliphatic carbocycles. The van der Waals surface area contributed by atoms with Gasteiger partial charge in [-0.3, -0.25) is 0 Å². The number of pyridine rings is 1. The molecule has 74 valence electrons. The molecule has 0 radical (unpaired) electrons. The van der Waals surface area contributed by atoms with Crippen molar-refractivity contribution < 1.29 is 0 Å². The van der Waals surface area contributed by atoms with E-state index in [2.05, 4.69) is 21.3 Å². The first-order chi connectivity index (χ1) is 7.29. The third kappa shape index (κ3) is 1.99. The Balaban J connectivity index is 2.33. The highest BCUT2D eigenvalue weighted by atomic mass is 15.5. The van der Waals surface area contributed by atoms with Crippen molar-refractivity contribution in [2.45, 2.75) is 13.5 Å². The summed E-state index contributed by atoms with van der Waals surface area (Å²) < 4.78 is 0. The minimum atomic E-state index is 0.437. The van der Waals surface area contributed by atoms with Crippen molar-refractivity contribution in [3.05, 3.63) is 41.5 Å². The van der Waals surface area contributed by atoms with Gasteiger partial charge < -0.3 is 0 Å². The molecule has 0 aliphatic heterocycles. The zero-order valence-electron chi connectivity index (χ0n) is 8.25. The van der Waals surface area contributed by atoms with Gasteiger partial charge in [-0.05, 0) is 13.0 Å². The molecule has 0 saturated heterocycles. The van der Waals surface area contributed by atoms with E-state index in [0.29, 0.717) is 12.2 Å². The summed E-state index contributed by atoms with van der Waals surface area (Å²) in [6, 6.07) is 5.82. The largest absolute Gasteiger partial charge is 0.242 e. The monoisotopic (exact) mass is 199 g/mol. The molecule has 0 saturated carbocycles. The molecule has 0 spiro atoms. The maximum Gasteiger partial charge on any atom is 0.145 e. The lowest BCUT2D eigenvalue weighted by atomic mass is 10.2. The van der Waals surface area contributed by atoms with Gasteiger partial charge in [-0.2, -0.15) is 20.3 Å². The molecule has 0 atom stereocenters. The van der Waals surface area contributed by atoms with Crippen LogP contribution in [0.3, 0.4) is 0 Å². The van der Waals surface area contributed by atoms with Gasteiger partial charge in [0.25, 0.3) is 0 Å². The van der Waals surface area contributed by atoms with Crippen LogP contribution in [-0.2, 0) is 6.54 Å². The van der Waals surface area contributed by atoms with Gasteiger partial charge in [0.05, 0.1) is 18.9 Å². The lowest BCUT2D eigenvalue weighted by Gasteiger charge is -2.02. The SMILES string of the molecule is Cc1ccc(Cn2nccn2)c(C#N)n1. The Labute approximate surface area is 87.0 Å². The second-order valence-electron chi connectivity index (χ2n) is 3.13. The molecule has 2 heterocycles. The predicted molar refractivity (Wildman–Crippen MR) is 52.8 cm³/mol. The van der Waals surface area contributed by atoms with E-state index in [1.165, 1.54) is 4.80 Å². The Morgan fingerprint density at radius 1 is 1.33 bits per heavy atom. The van der Waals surface area contributed by atoms with Crippen LogP contribution in [0.15, 0.2) is 24.5 Å². The summed E-state index contributed by atoms with van der Waals surface area (Å²) in [6.45, 7) is 2.33. The molecule has 15 heavy (non-hydrogen) atoms. The van der Waals surface area contributed by atoms with Crippen LogP contribution in [0.5, 0.6) is 0 Å². The molecule has 0 unspecified atom stereocenters. The highest BCUT2D eigenvalue weighted by Crippen LogP contribution is 2.07. The average Bonchev–Trinajstić information content (AvgIpc) is 2.73. The maximum atomic E-state index is 8.91. The highest BCUT2D eigenvalue weighted by Gasteiger charge is 2.05. The summed E-state index contributed by atoms with van der Waals surface area (Å²) in [6.07, 6.45) is 3.21. The van der Waals surface area contributed by atoms with Crippen LogP contribution in [0.1, 0.15) is 17.0 Å². The Bertz CT molecular complexity index is 495. The van der Waals surface area contributed by atoms with E-state index < -0.39 is 0 Å². The van der Waals surface area contributed by atoms with Gasteiger partial charge in [0, 0.05) is 11.3 Å². The van der Waals surface area contributed by atoms with Crippen molar-refractivity contribution in [1.29, 1.82) is 5.26 Å². The summed E-state index contributed by atoms with van der Waals surface area (Å²) >= 11 is 0. The second-order valence-corrected chi connectivity index (χ2v) is 3.13. The van der Waals surface area contributed by atoms with Crippen LogP contribution < -0.4 is 0 Å². The van der Waals surface area contributed by atoms with Crippen molar-refractivity contribution in [2.75, 3.05) is 0 Å². The smallest absolute Gasteiger partial charge is 0.145 e. The summed E-state index contributed by atoms with van der Waals surface area (Å²) in [7, 11) is 0. The number of nitriles is 1. The first-order valence-corrected chi connectivity index (χ1v) is 4.50. The van der Waals surface area contributed by atoms with Crippen molar-refractivity contribution >= 4 is 0 Å². The molecule has 2 rings (SSSR count). The zero-order valence-corrected chi connectivity index (χ0v) is 8.25. The van der Waals surface area contributed by atoms with E-state index in [1.54, 1.807) is 12.4 Å². The van der Waals surface area contributed by atoms with Crippen LogP contribution in [-0.4, -0.2) is 20.0 Å². The van der Waals surface area contributed by atoms with Crippen LogP contribution >= 0.6 is 0 Å². The minimum absolute atomic E-state index is 0.437. The van der Waals surface area contributed by atoms with Gasteiger partial charge in [-0.25, -0.2) is 4.98 Å². The summed E-state index contributed by atoms with van der Waals surface area (Å²) in [5.41, 5.74) is 2.11. The Hall–Kier alpha value is -2.22. The lowest BCUT2D eigenvalue weighted by Crippen LogP contribution is -2.06. The molecule has 0 aliphatic rings. The number of hydrogen-bond acceptors (Lipinski definition) is 4. The topological polar surface area (TPSA) is 67.4 Å². The van der Waals surface area contributed by atoms with Crippen molar-refractivity contribution in [3.8, 4) is 6.07 Å². The molecular weight excluding hydrogens is 190 g/mol. The highest BCUT2D eigenvalue weighted by molar-refractivity contribution is 5.32. The number of aryl methyl sites for hydroxylation is 1. The van der Waals surface area contributed by atoms with E-state index in [9.17, 15) is 0 Å². The normalized spacial score (nSPS) is 9.87. The van der Waals surface area contributed by atoms with Crippen LogP contribution in [0.4, 0.5) is 0 Å². The van der Waals surface area contributed by atoms with E-state index >= 15 is 0 Å². The standard InChI is InChI=1S/C10H9N5/c1-8-2-3-9(10(6-11)14-8)7-15-12-4-5-13-15/h2-5H,7H2,1H3. The third-order valence-corrected chi connectivity index (χ3v) is 2.00. The first kappa shape index (κ1) is 9.34. The zero-order chi connectivity index (χ0) is 10.7. The Morgan fingerprint density at radius 2 is 2.07 bits per heavy atom. The molecule has 5 nitrogen and oxygen atoms in total. The molecule has 2 aromatic rings. The number of nitrogens with zero attached hydrogens (tertiary/aromatic N) is 5. The maximum absolute atomic E-state index is 8.91. The molecule has 0 bridgehead atoms. The predicted octanol–water partition coefficient (Wildman–Crippen LogP) is 0.901. The van der Waals surface area contributed by atoms with Gasteiger partial charge in [-0.15, -0.1) is 0 Å². The minimum Gasteiger partial charge on any atom is -0.242 e. The molecule has 2 aromatic heterocycles. The summed E-state index contributed by atoms with van der Waals surface area (Å²) in [5.74, 6) is 0. The van der Waals surface area contributed by atoms with Crippen LogP contribution in [0, 0.1) is 18.3 Å². The van der Waals surface area contributed by atoms with Crippen molar-refractivity contribution in [3.63, 3.8) is 0 Å². The molecule has 0 fully saturated rings.